The number of amides is 1. The van der Waals surface area contributed by atoms with Crippen molar-refractivity contribution in [2.45, 2.75) is 13.1 Å². The van der Waals surface area contributed by atoms with Crippen molar-refractivity contribution in [3.05, 3.63) is 124 Å². The molecule has 0 unspecified atom stereocenters. The summed E-state index contributed by atoms with van der Waals surface area (Å²) in [7, 11) is 0. The third kappa shape index (κ3) is 6.50. The Morgan fingerprint density at radius 1 is 0.976 bits per heavy atom. The van der Waals surface area contributed by atoms with Gasteiger partial charge in [-0.2, -0.15) is 22.9 Å². The summed E-state index contributed by atoms with van der Waals surface area (Å²) in [6.45, 7) is 1.71. The summed E-state index contributed by atoms with van der Waals surface area (Å²) in [6, 6.07) is 25.1. The summed E-state index contributed by atoms with van der Waals surface area (Å²) in [6.07, 6.45) is -3.20. The van der Waals surface area contributed by atoms with Crippen molar-refractivity contribution in [3.8, 4) is 17.1 Å². The molecular weight excluding hydrogens is 533 g/mol. The van der Waals surface area contributed by atoms with Gasteiger partial charge in [0, 0.05) is 11.3 Å². The molecule has 1 amide bonds. The van der Waals surface area contributed by atoms with Gasteiger partial charge in [0.2, 0.25) is 0 Å². The van der Waals surface area contributed by atoms with Gasteiger partial charge in [0.05, 0.1) is 22.7 Å². The van der Waals surface area contributed by atoms with Gasteiger partial charge in [-0.05, 0) is 61.0 Å². The van der Waals surface area contributed by atoms with Gasteiger partial charge < -0.3 is 10.1 Å². The van der Waals surface area contributed by atoms with E-state index < -0.39 is 17.3 Å². The van der Waals surface area contributed by atoms with Crippen molar-refractivity contribution >= 4 is 28.7 Å². The lowest BCUT2D eigenvalue weighted by molar-refractivity contribution is -0.137. The van der Waals surface area contributed by atoms with Crippen LogP contribution >= 0.6 is 0 Å². The van der Waals surface area contributed by atoms with E-state index in [4.69, 9.17) is 4.74 Å². The quantitative estimate of drug-likeness (QED) is 0.239. The summed E-state index contributed by atoms with van der Waals surface area (Å²) in [5.74, 6) is -0.00114. The Morgan fingerprint density at radius 2 is 1.73 bits per heavy atom. The van der Waals surface area contributed by atoms with E-state index in [-0.39, 0.29) is 29.3 Å². The lowest BCUT2D eigenvalue weighted by Gasteiger charge is -2.12. The summed E-state index contributed by atoms with van der Waals surface area (Å²) in [5.41, 5.74) is 1.24. The Kier molecular flexibility index (Phi) is 7.64. The second kappa shape index (κ2) is 11.5. The number of hydrogen-bond donors (Lipinski definition) is 1. The third-order valence-electron chi connectivity index (χ3n) is 6.09. The summed E-state index contributed by atoms with van der Waals surface area (Å²) in [5, 5.41) is 7.31. The molecule has 5 rings (SSSR count). The number of hydrogen-bond acceptors (Lipinski definition) is 5. The van der Waals surface area contributed by atoms with E-state index in [9.17, 15) is 22.8 Å². The number of aryl methyl sites for hydroxylation is 1. The number of aromatic nitrogens is 2. The molecule has 10 heteroatoms. The molecule has 0 radical (unpaired) electrons. The summed E-state index contributed by atoms with van der Waals surface area (Å²) < 4.78 is 46.8. The molecule has 0 aliphatic heterocycles. The molecule has 1 N–H and O–H groups in total. The number of rotatable bonds is 7. The minimum Gasteiger partial charge on any atom is -0.484 e. The predicted octanol–water partition coefficient (Wildman–Crippen LogP) is 6.29. The van der Waals surface area contributed by atoms with Gasteiger partial charge in [0.25, 0.3) is 11.5 Å². The molecular formula is C31H23F3N4O3. The number of halogens is 3. The van der Waals surface area contributed by atoms with Crippen LogP contribution in [0.15, 0.2) is 107 Å². The average Bonchev–Trinajstić information content (AvgIpc) is 2.96. The first-order valence-electron chi connectivity index (χ1n) is 12.5. The summed E-state index contributed by atoms with van der Waals surface area (Å²) in [4.78, 5) is 30.1. The maximum absolute atomic E-state index is 13.4. The molecule has 1 aromatic heterocycles. The highest BCUT2D eigenvalue weighted by atomic mass is 19.4. The molecule has 7 nitrogen and oxygen atoms in total. The Morgan fingerprint density at radius 3 is 2.51 bits per heavy atom. The molecule has 0 saturated heterocycles. The number of fused-ring (bicyclic) bond motifs is 1. The lowest BCUT2D eigenvalue weighted by atomic mass is 10.1. The van der Waals surface area contributed by atoms with Crippen molar-refractivity contribution < 1.29 is 22.7 Å². The minimum absolute atomic E-state index is 0.0452. The number of nitrogens with zero attached hydrogens (tertiary/aromatic N) is 3. The normalized spacial score (nSPS) is 11.6. The molecule has 0 saturated carbocycles. The molecule has 0 aliphatic rings. The number of para-hydroxylation sites is 1. The predicted molar refractivity (Wildman–Crippen MR) is 151 cm³/mol. The molecule has 0 spiro atoms. The van der Waals surface area contributed by atoms with E-state index in [1.807, 2.05) is 19.1 Å². The van der Waals surface area contributed by atoms with Crippen molar-refractivity contribution in [1.29, 1.82) is 0 Å². The van der Waals surface area contributed by atoms with Gasteiger partial charge in [0.1, 0.15) is 5.75 Å². The minimum atomic E-state index is -4.57. The highest BCUT2D eigenvalue weighted by molar-refractivity contribution is 5.92. The van der Waals surface area contributed by atoms with Crippen LogP contribution in [0.4, 0.5) is 18.9 Å². The second-order valence-electron chi connectivity index (χ2n) is 9.17. The zero-order chi connectivity index (χ0) is 29.0. The maximum Gasteiger partial charge on any atom is 0.416 e. The van der Waals surface area contributed by atoms with E-state index in [0.717, 1.165) is 22.4 Å². The van der Waals surface area contributed by atoms with Crippen molar-refractivity contribution in [1.82, 2.24) is 9.66 Å². The van der Waals surface area contributed by atoms with E-state index >= 15 is 0 Å². The SMILES string of the molecule is Cc1ccc(NC(=O)COc2cccc(C=Nn3c(-c4cccc(C(F)(F)F)c4)nc4ccccc4c3=O)c2)cc1. The molecule has 0 bridgehead atoms. The maximum atomic E-state index is 13.4. The van der Waals surface area contributed by atoms with Gasteiger partial charge in [-0.1, -0.05) is 54.1 Å². The Labute approximate surface area is 232 Å². The fraction of sp³-hybridized carbons (Fsp3) is 0.0968. The number of anilines is 1. The average molecular weight is 557 g/mol. The number of ether oxygens (including phenoxy) is 1. The van der Waals surface area contributed by atoms with Crippen LogP contribution in [0.25, 0.3) is 22.3 Å². The number of nitrogens with one attached hydrogen (secondary N) is 1. The largest absolute Gasteiger partial charge is 0.484 e. The second-order valence-corrected chi connectivity index (χ2v) is 9.17. The number of carbonyl (C=O) groups is 1. The van der Waals surface area contributed by atoms with Gasteiger partial charge in [0.15, 0.2) is 12.4 Å². The van der Waals surface area contributed by atoms with E-state index in [1.165, 1.54) is 18.3 Å². The monoisotopic (exact) mass is 556 g/mol. The summed E-state index contributed by atoms with van der Waals surface area (Å²) >= 11 is 0. The smallest absolute Gasteiger partial charge is 0.416 e. The van der Waals surface area contributed by atoms with Crippen molar-refractivity contribution in [2.75, 3.05) is 11.9 Å². The molecule has 206 valence electrons. The third-order valence-corrected chi connectivity index (χ3v) is 6.09. The fourth-order valence-corrected chi connectivity index (χ4v) is 4.04. The fourth-order valence-electron chi connectivity index (χ4n) is 4.04. The molecule has 0 fully saturated rings. The van der Waals surface area contributed by atoms with Gasteiger partial charge in [-0.25, -0.2) is 4.98 Å². The molecule has 0 aliphatic carbocycles. The topological polar surface area (TPSA) is 85.6 Å². The first kappa shape index (κ1) is 27.3. The van der Waals surface area contributed by atoms with Gasteiger partial charge >= 0.3 is 6.18 Å². The van der Waals surface area contributed by atoms with Crippen LogP contribution in [0.5, 0.6) is 5.75 Å². The van der Waals surface area contributed by atoms with Crippen molar-refractivity contribution in [3.63, 3.8) is 0 Å². The van der Waals surface area contributed by atoms with Crippen LogP contribution in [0.3, 0.4) is 0 Å². The Hall–Kier alpha value is -5.25. The molecule has 5 aromatic rings. The van der Waals surface area contributed by atoms with Crippen LogP contribution in [-0.2, 0) is 11.0 Å². The number of alkyl halides is 3. The molecule has 1 heterocycles. The highest BCUT2D eigenvalue weighted by Gasteiger charge is 2.31. The van der Waals surface area contributed by atoms with Crippen LogP contribution in [0, 0.1) is 6.92 Å². The standard InChI is InChI=1S/C31H23F3N4O3/c1-20-12-14-24(15-13-20)36-28(39)19-41-25-9-4-6-21(16-25)18-35-38-29(22-7-5-8-23(17-22)31(32,33)34)37-27-11-3-2-10-26(27)30(38)40/h2-18H,19H2,1H3,(H,36,39). The van der Waals surface area contributed by atoms with Gasteiger partial charge in [-0.15, -0.1) is 0 Å². The Bertz CT molecular complexity index is 1810. The van der Waals surface area contributed by atoms with Crippen LogP contribution in [0.1, 0.15) is 16.7 Å². The van der Waals surface area contributed by atoms with E-state index in [1.54, 1.807) is 60.7 Å². The highest BCUT2D eigenvalue weighted by Crippen LogP contribution is 2.32. The van der Waals surface area contributed by atoms with Crippen LogP contribution in [0.2, 0.25) is 0 Å². The van der Waals surface area contributed by atoms with E-state index in [2.05, 4.69) is 15.4 Å². The van der Waals surface area contributed by atoms with E-state index in [0.29, 0.717) is 22.5 Å². The zero-order valence-electron chi connectivity index (χ0n) is 21.7. The van der Waals surface area contributed by atoms with Crippen LogP contribution in [-0.4, -0.2) is 28.4 Å². The zero-order valence-corrected chi connectivity index (χ0v) is 21.7. The molecule has 41 heavy (non-hydrogen) atoms. The lowest BCUT2D eigenvalue weighted by Crippen LogP contribution is -2.20. The number of benzene rings is 4. The Balaban J connectivity index is 1.42. The van der Waals surface area contributed by atoms with Crippen molar-refractivity contribution in [2.24, 2.45) is 5.10 Å². The number of carbonyl (C=O) groups excluding carboxylic acids is 1. The molecule has 4 aromatic carbocycles. The first-order valence-corrected chi connectivity index (χ1v) is 12.5. The van der Waals surface area contributed by atoms with Gasteiger partial charge in [-0.3, -0.25) is 9.59 Å². The van der Waals surface area contributed by atoms with Crippen LogP contribution < -0.4 is 15.6 Å². The molecule has 0 atom stereocenters. The first-order chi connectivity index (χ1) is 19.7.